The number of rotatable bonds is 5. The third-order valence-electron chi connectivity index (χ3n) is 3.48. The minimum absolute atomic E-state index is 0.595. The molecular formula is C12H22N4. The van der Waals surface area contributed by atoms with E-state index in [0.29, 0.717) is 6.04 Å². The Kier molecular flexibility index (Phi) is 3.59. The van der Waals surface area contributed by atoms with Crippen molar-refractivity contribution in [2.24, 2.45) is 18.9 Å². The average Bonchev–Trinajstić information content (AvgIpc) is 2.59. The van der Waals surface area contributed by atoms with Crippen molar-refractivity contribution < 1.29 is 0 Å². The molecule has 4 heteroatoms. The van der Waals surface area contributed by atoms with Gasteiger partial charge in [-0.2, -0.15) is 0 Å². The van der Waals surface area contributed by atoms with Crippen LogP contribution in [-0.4, -0.2) is 27.6 Å². The maximum atomic E-state index is 4.16. The molecule has 1 N–H and O–H groups in total. The molecule has 1 aromatic rings. The fourth-order valence-corrected chi connectivity index (χ4v) is 2.32. The van der Waals surface area contributed by atoms with E-state index >= 15 is 0 Å². The fraction of sp³-hybridized carbons (Fsp3) is 0.833. The SMILES string of the molecule is CC(C)NCC1CCC1Cc1cn(C)nn1. The summed E-state index contributed by atoms with van der Waals surface area (Å²) in [4.78, 5) is 0. The Labute approximate surface area is 97.4 Å². The fourth-order valence-electron chi connectivity index (χ4n) is 2.32. The molecular weight excluding hydrogens is 200 g/mol. The summed E-state index contributed by atoms with van der Waals surface area (Å²) in [6.07, 6.45) is 5.84. The molecule has 1 heterocycles. The summed E-state index contributed by atoms with van der Waals surface area (Å²) in [5.41, 5.74) is 1.14. The van der Waals surface area contributed by atoms with Crippen LogP contribution in [0.3, 0.4) is 0 Å². The molecule has 1 aliphatic carbocycles. The van der Waals surface area contributed by atoms with Crippen LogP contribution in [0.1, 0.15) is 32.4 Å². The lowest BCUT2D eigenvalue weighted by Gasteiger charge is -2.37. The molecule has 0 bridgehead atoms. The lowest BCUT2D eigenvalue weighted by Crippen LogP contribution is -2.38. The van der Waals surface area contributed by atoms with Gasteiger partial charge in [0.05, 0.1) is 5.69 Å². The van der Waals surface area contributed by atoms with Crippen LogP contribution < -0.4 is 5.32 Å². The van der Waals surface area contributed by atoms with E-state index < -0.39 is 0 Å². The quantitative estimate of drug-likeness (QED) is 0.818. The Balaban J connectivity index is 1.78. The van der Waals surface area contributed by atoms with Gasteiger partial charge in [-0.3, -0.25) is 4.68 Å². The highest BCUT2D eigenvalue weighted by Crippen LogP contribution is 2.35. The molecule has 0 amide bonds. The van der Waals surface area contributed by atoms with Crippen LogP contribution >= 0.6 is 0 Å². The van der Waals surface area contributed by atoms with Crippen molar-refractivity contribution in [3.8, 4) is 0 Å². The van der Waals surface area contributed by atoms with Gasteiger partial charge in [0.15, 0.2) is 0 Å². The van der Waals surface area contributed by atoms with Gasteiger partial charge in [-0.25, -0.2) is 0 Å². The zero-order valence-electron chi connectivity index (χ0n) is 10.5. The number of aryl methyl sites for hydroxylation is 1. The predicted molar refractivity (Wildman–Crippen MR) is 64.1 cm³/mol. The summed E-state index contributed by atoms with van der Waals surface area (Å²) in [6, 6.07) is 0.595. The molecule has 0 spiro atoms. The summed E-state index contributed by atoms with van der Waals surface area (Å²) in [7, 11) is 1.93. The van der Waals surface area contributed by atoms with Crippen molar-refractivity contribution in [1.82, 2.24) is 20.3 Å². The van der Waals surface area contributed by atoms with Gasteiger partial charge < -0.3 is 5.32 Å². The zero-order valence-corrected chi connectivity index (χ0v) is 10.5. The van der Waals surface area contributed by atoms with Gasteiger partial charge >= 0.3 is 0 Å². The molecule has 1 aliphatic rings. The van der Waals surface area contributed by atoms with E-state index in [-0.39, 0.29) is 0 Å². The molecule has 1 aromatic heterocycles. The molecule has 90 valence electrons. The normalized spacial score (nSPS) is 24.8. The highest BCUT2D eigenvalue weighted by Gasteiger charge is 2.31. The smallest absolute Gasteiger partial charge is 0.0829 e. The zero-order chi connectivity index (χ0) is 11.5. The standard InChI is InChI=1S/C12H22N4/c1-9(2)13-7-11-5-4-10(11)6-12-8-16(3)15-14-12/h8-11,13H,4-7H2,1-3H3. The first-order chi connectivity index (χ1) is 7.65. The first-order valence-corrected chi connectivity index (χ1v) is 6.23. The number of nitrogens with one attached hydrogen (secondary N) is 1. The van der Waals surface area contributed by atoms with E-state index in [2.05, 4.69) is 29.5 Å². The predicted octanol–water partition coefficient (Wildman–Crippen LogP) is 1.38. The van der Waals surface area contributed by atoms with Crippen molar-refractivity contribution in [1.29, 1.82) is 0 Å². The van der Waals surface area contributed by atoms with Crippen LogP contribution in [0.15, 0.2) is 6.20 Å². The summed E-state index contributed by atoms with van der Waals surface area (Å²) in [5.74, 6) is 1.65. The Morgan fingerprint density at radius 2 is 2.19 bits per heavy atom. The van der Waals surface area contributed by atoms with Crippen LogP contribution in [0.2, 0.25) is 0 Å². The van der Waals surface area contributed by atoms with Gasteiger partial charge in [-0.1, -0.05) is 19.1 Å². The lowest BCUT2D eigenvalue weighted by atomic mass is 9.71. The second-order valence-corrected chi connectivity index (χ2v) is 5.25. The maximum Gasteiger partial charge on any atom is 0.0829 e. The second-order valence-electron chi connectivity index (χ2n) is 5.25. The molecule has 2 rings (SSSR count). The van der Waals surface area contributed by atoms with Gasteiger partial charge in [-0.05, 0) is 37.6 Å². The maximum absolute atomic E-state index is 4.16. The summed E-state index contributed by atoms with van der Waals surface area (Å²) < 4.78 is 1.79. The molecule has 16 heavy (non-hydrogen) atoms. The number of hydrogen-bond donors (Lipinski definition) is 1. The molecule has 0 radical (unpaired) electrons. The monoisotopic (exact) mass is 222 g/mol. The van der Waals surface area contributed by atoms with E-state index in [1.54, 1.807) is 4.68 Å². The van der Waals surface area contributed by atoms with Gasteiger partial charge in [0.25, 0.3) is 0 Å². The van der Waals surface area contributed by atoms with Gasteiger partial charge in [0.1, 0.15) is 0 Å². The van der Waals surface area contributed by atoms with Crippen molar-refractivity contribution >= 4 is 0 Å². The van der Waals surface area contributed by atoms with E-state index in [9.17, 15) is 0 Å². The minimum atomic E-state index is 0.595. The molecule has 4 nitrogen and oxygen atoms in total. The van der Waals surface area contributed by atoms with Gasteiger partial charge in [0, 0.05) is 19.3 Å². The van der Waals surface area contributed by atoms with Crippen molar-refractivity contribution in [2.75, 3.05) is 6.54 Å². The molecule has 2 unspecified atom stereocenters. The Morgan fingerprint density at radius 1 is 1.44 bits per heavy atom. The van der Waals surface area contributed by atoms with Gasteiger partial charge in [0.2, 0.25) is 0 Å². The third kappa shape index (κ3) is 2.82. The third-order valence-corrected chi connectivity index (χ3v) is 3.48. The molecule has 0 aromatic carbocycles. The molecule has 0 saturated heterocycles. The molecule has 1 saturated carbocycles. The van der Waals surface area contributed by atoms with Crippen molar-refractivity contribution in [3.63, 3.8) is 0 Å². The first kappa shape index (κ1) is 11.6. The summed E-state index contributed by atoms with van der Waals surface area (Å²) >= 11 is 0. The van der Waals surface area contributed by atoms with Crippen molar-refractivity contribution in [2.45, 2.75) is 39.2 Å². The largest absolute Gasteiger partial charge is 0.314 e. The number of aromatic nitrogens is 3. The summed E-state index contributed by atoms with van der Waals surface area (Å²) in [5, 5.41) is 11.7. The van der Waals surface area contributed by atoms with Crippen LogP contribution in [0.4, 0.5) is 0 Å². The Morgan fingerprint density at radius 3 is 2.69 bits per heavy atom. The van der Waals surface area contributed by atoms with E-state index in [0.717, 1.165) is 30.5 Å². The topological polar surface area (TPSA) is 42.7 Å². The van der Waals surface area contributed by atoms with Gasteiger partial charge in [-0.15, -0.1) is 5.10 Å². The second kappa shape index (κ2) is 4.95. The van der Waals surface area contributed by atoms with E-state index in [1.807, 2.05) is 13.2 Å². The van der Waals surface area contributed by atoms with E-state index in [1.165, 1.54) is 12.8 Å². The molecule has 1 fully saturated rings. The van der Waals surface area contributed by atoms with Crippen LogP contribution in [0, 0.1) is 11.8 Å². The lowest BCUT2D eigenvalue weighted by molar-refractivity contribution is 0.166. The Hall–Kier alpha value is -0.900. The average molecular weight is 222 g/mol. The molecule has 0 aliphatic heterocycles. The van der Waals surface area contributed by atoms with Crippen molar-refractivity contribution in [3.05, 3.63) is 11.9 Å². The highest BCUT2D eigenvalue weighted by atomic mass is 15.4. The van der Waals surface area contributed by atoms with E-state index in [4.69, 9.17) is 0 Å². The number of hydrogen-bond acceptors (Lipinski definition) is 3. The minimum Gasteiger partial charge on any atom is -0.314 e. The first-order valence-electron chi connectivity index (χ1n) is 6.23. The van der Waals surface area contributed by atoms with Crippen LogP contribution in [0.25, 0.3) is 0 Å². The molecule has 2 atom stereocenters. The summed E-state index contributed by atoms with van der Waals surface area (Å²) in [6.45, 7) is 5.56. The van der Waals surface area contributed by atoms with Crippen LogP contribution in [0.5, 0.6) is 0 Å². The van der Waals surface area contributed by atoms with Crippen LogP contribution in [-0.2, 0) is 13.5 Å². The highest BCUT2D eigenvalue weighted by molar-refractivity contribution is 4.98. The number of nitrogens with zero attached hydrogens (tertiary/aromatic N) is 3. The Bertz CT molecular complexity index is 332.